The van der Waals surface area contributed by atoms with Crippen molar-refractivity contribution in [3.63, 3.8) is 0 Å². The third kappa shape index (κ3) is 2.81. The van der Waals surface area contributed by atoms with E-state index in [0.717, 1.165) is 5.56 Å². The van der Waals surface area contributed by atoms with Crippen molar-refractivity contribution in [2.75, 3.05) is 20.3 Å². The molecule has 7 heteroatoms. The summed E-state index contributed by atoms with van der Waals surface area (Å²) in [6, 6.07) is 6.88. The Kier molecular flexibility index (Phi) is 5.24. The van der Waals surface area contributed by atoms with Crippen molar-refractivity contribution < 1.29 is 23.9 Å². The van der Waals surface area contributed by atoms with Crippen LogP contribution in [0.3, 0.4) is 0 Å². The van der Waals surface area contributed by atoms with Gasteiger partial charge in [0.15, 0.2) is 0 Å². The van der Waals surface area contributed by atoms with Gasteiger partial charge < -0.3 is 9.47 Å². The number of fused-ring (bicyclic) bond motifs is 1. The van der Waals surface area contributed by atoms with Crippen LogP contribution in [0.1, 0.15) is 38.8 Å². The van der Waals surface area contributed by atoms with Crippen LogP contribution in [0.2, 0.25) is 0 Å². The molecule has 27 heavy (non-hydrogen) atoms. The van der Waals surface area contributed by atoms with Crippen molar-refractivity contribution >= 4 is 17.8 Å². The summed E-state index contributed by atoms with van der Waals surface area (Å²) in [5, 5.41) is 3.32. The van der Waals surface area contributed by atoms with Gasteiger partial charge in [-0.3, -0.25) is 24.6 Å². The van der Waals surface area contributed by atoms with Crippen LogP contribution in [0.15, 0.2) is 24.3 Å². The lowest BCUT2D eigenvalue weighted by molar-refractivity contribution is -0.156. The first-order valence-electron chi connectivity index (χ1n) is 9.39. The number of rotatable bonds is 6. The van der Waals surface area contributed by atoms with Crippen molar-refractivity contribution in [2.24, 2.45) is 11.8 Å². The molecule has 1 aromatic carbocycles. The molecule has 7 nitrogen and oxygen atoms in total. The molecule has 2 aliphatic heterocycles. The van der Waals surface area contributed by atoms with E-state index < -0.39 is 29.4 Å². The molecule has 0 bridgehead atoms. The predicted octanol–water partition coefficient (Wildman–Crippen LogP) is 1.67. The number of carbonyl (C=O) groups excluding carboxylic acids is 3. The lowest BCUT2D eigenvalue weighted by Crippen LogP contribution is -2.56. The zero-order valence-electron chi connectivity index (χ0n) is 16.2. The number of esters is 1. The van der Waals surface area contributed by atoms with Crippen LogP contribution in [0.25, 0.3) is 0 Å². The second-order valence-corrected chi connectivity index (χ2v) is 6.86. The smallest absolute Gasteiger partial charge is 0.327 e. The normalized spacial score (nSPS) is 29.8. The van der Waals surface area contributed by atoms with Crippen LogP contribution in [0.4, 0.5) is 0 Å². The first-order valence-corrected chi connectivity index (χ1v) is 9.39. The van der Waals surface area contributed by atoms with Crippen LogP contribution in [-0.2, 0) is 19.1 Å². The highest BCUT2D eigenvalue weighted by molar-refractivity contribution is 6.09. The van der Waals surface area contributed by atoms with Crippen LogP contribution in [0, 0.1) is 11.8 Å². The molecule has 0 aliphatic carbocycles. The van der Waals surface area contributed by atoms with E-state index in [1.54, 1.807) is 33.1 Å². The van der Waals surface area contributed by atoms with Gasteiger partial charge in [0.25, 0.3) is 0 Å². The molecule has 146 valence electrons. The lowest BCUT2D eigenvalue weighted by atomic mass is 9.78. The summed E-state index contributed by atoms with van der Waals surface area (Å²) in [6.45, 7) is 5.85. The molecule has 1 N–H and O–H groups in total. The number of likely N-dealkylation sites (tertiary alicyclic amines) is 1. The van der Waals surface area contributed by atoms with Gasteiger partial charge in [-0.25, -0.2) is 0 Å². The minimum Gasteiger partial charge on any atom is -0.497 e. The van der Waals surface area contributed by atoms with Crippen molar-refractivity contribution in [3.05, 3.63) is 29.8 Å². The number of hydrogen-bond donors (Lipinski definition) is 1. The minimum atomic E-state index is -1.21. The Morgan fingerprint density at radius 3 is 2.33 bits per heavy atom. The number of nitrogens with one attached hydrogen (secondary N) is 1. The van der Waals surface area contributed by atoms with E-state index in [4.69, 9.17) is 9.47 Å². The standard InChI is InChI=1S/C20H26N2O5/c1-5-20(19(25)27-7-3)15-14(17(23)22(6-2)18(15)24)16(21-20)12-8-10-13(26-4)11-9-12/h8-11,14-16,21H,5-7H2,1-4H3/t14-,15-,16-,20+/m0/s1. The highest BCUT2D eigenvalue weighted by Gasteiger charge is 2.67. The number of benzene rings is 1. The first kappa shape index (κ1) is 19.4. The van der Waals surface area contributed by atoms with Crippen LogP contribution < -0.4 is 10.1 Å². The molecule has 2 saturated heterocycles. The summed E-state index contributed by atoms with van der Waals surface area (Å²) in [5.41, 5.74) is -0.369. The van der Waals surface area contributed by atoms with Gasteiger partial charge >= 0.3 is 5.97 Å². The number of nitrogens with zero attached hydrogens (tertiary/aromatic N) is 1. The van der Waals surface area contributed by atoms with Crippen molar-refractivity contribution in [3.8, 4) is 5.75 Å². The van der Waals surface area contributed by atoms with Gasteiger partial charge in [0.05, 0.1) is 25.6 Å². The second-order valence-electron chi connectivity index (χ2n) is 6.86. The summed E-state index contributed by atoms with van der Waals surface area (Å²) >= 11 is 0. The monoisotopic (exact) mass is 374 g/mol. The summed E-state index contributed by atoms with van der Waals surface area (Å²) in [5.74, 6) is -1.70. The SMILES string of the molecule is CCOC(=O)[C@]1(CC)N[C@@H](c2ccc(OC)cc2)[C@H]2C(=O)N(CC)C(=O)[C@H]21. The molecule has 2 fully saturated rings. The zero-order chi connectivity index (χ0) is 19.8. The Morgan fingerprint density at radius 2 is 1.81 bits per heavy atom. The molecule has 3 rings (SSSR count). The lowest BCUT2D eigenvalue weighted by Gasteiger charge is -2.31. The van der Waals surface area contributed by atoms with Gasteiger partial charge in [-0.15, -0.1) is 0 Å². The molecule has 0 unspecified atom stereocenters. The molecule has 0 saturated carbocycles. The van der Waals surface area contributed by atoms with E-state index in [9.17, 15) is 14.4 Å². The average molecular weight is 374 g/mol. The van der Waals surface area contributed by atoms with Gasteiger partial charge in [-0.05, 0) is 38.0 Å². The fourth-order valence-electron chi connectivity index (χ4n) is 4.39. The molecule has 4 atom stereocenters. The zero-order valence-corrected chi connectivity index (χ0v) is 16.2. The first-order chi connectivity index (χ1) is 12.9. The van der Waals surface area contributed by atoms with E-state index in [1.165, 1.54) is 4.90 Å². The molecule has 2 aliphatic rings. The van der Waals surface area contributed by atoms with Gasteiger partial charge in [0.1, 0.15) is 11.3 Å². The van der Waals surface area contributed by atoms with Crippen LogP contribution in [-0.4, -0.2) is 48.5 Å². The number of amides is 2. The Hall–Kier alpha value is -2.41. The van der Waals surface area contributed by atoms with Crippen LogP contribution >= 0.6 is 0 Å². The van der Waals surface area contributed by atoms with E-state index in [2.05, 4.69) is 5.32 Å². The van der Waals surface area contributed by atoms with Crippen LogP contribution in [0.5, 0.6) is 5.75 Å². The summed E-state index contributed by atoms with van der Waals surface area (Å²) in [7, 11) is 1.58. The van der Waals surface area contributed by atoms with Gasteiger partial charge in [-0.2, -0.15) is 0 Å². The third-order valence-electron chi connectivity index (χ3n) is 5.73. The number of methoxy groups -OCH3 is 1. The van der Waals surface area contributed by atoms with E-state index in [-0.39, 0.29) is 18.4 Å². The summed E-state index contributed by atoms with van der Waals surface area (Å²) < 4.78 is 10.5. The molecule has 2 amide bonds. The molecular formula is C20H26N2O5. The van der Waals surface area contributed by atoms with Crippen molar-refractivity contribution in [2.45, 2.75) is 38.8 Å². The minimum absolute atomic E-state index is 0.215. The van der Waals surface area contributed by atoms with E-state index >= 15 is 0 Å². The third-order valence-corrected chi connectivity index (χ3v) is 5.73. The highest BCUT2D eigenvalue weighted by atomic mass is 16.5. The number of imide groups is 1. The number of hydrogen-bond acceptors (Lipinski definition) is 6. The Labute approximate surface area is 159 Å². The number of ether oxygens (including phenoxy) is 2. The summed E-state index contributed by atoms with van der Waals surface area (Å²) in [4.78, 5) is 40.2. The predicted molar refractivity (Wildman–Crippen MR) is 97.9 cm³/mol. The molecule has 0 radical (unpaired) electrons. The maximum absolute atomic E-state index is 13.0. The molecule has 0 spiro atoms. The van der Waals surface area contributed by atoms with Gasteiger partial charge in [0, 0.05) is 12.6 Å². The fraction of sp³-hybridized carbons (Fsp3) is 0.550. The quantitative estimate of drug-likeness (QED) is 0.602. The maximum atomic E-state index is 13.0. The molecule has 2 heterocycles. The largest absolute Gasteiger partial charge is 0.497 e. The summed E-state index contributed by atoms with van der Waals surface area (Å²) in [6.07, 6.45) is 0.357. The fourth-order valence-corrected chi connectivity index (χ4v) is 4.39. The molecule has 0 aromatic heterocycles. The number of carbonyl (C=O) groups is 3. The van der Waals surface area contributed by atoms with Crippen molar-refractivity contribution in [1.82, 2.24) is 10.2 Å². The Bertz CT molecular complexity index is 747. The topological polar surface area (TPSA) is 84.9 Å². The second kappa shape index (κ2) is 7.31. The highest BCUT2D eigenvalue weighted by Crippen LogP contribution is 2.50. The molecular weight excluding hydrogens is 348 g/mol. The average Bonchev–Trinajstić information content (AvgIpc) is 3.16. The van der Waals surface area contributed by atoms with E-state index in [1.807, 2.05) is 19.1 Å². The Morgan fingerprint density at radius 1 is 1.15 bits per heavy atom. The van der Waals surface area contributed by atoms with E-state index in [0.29, 0.717) is 18.7 Å². The maximum Gasteiger partial charge on any atom is 0.327 e. The Balaban J connectivity index is 2.09. The van der Waals surface area contributed by atoms with Crippen molar-refractivity contribution in [1.29, 1.82) is 0 Å². The molecule has 1 aromatic rings. The van der Waals surface area contributed by atoms with Gasteiger partial charge in [0.2, 0.25) is 11.8 Å². The van der Waals surface area contributed by atoms with Gasteiger partial charge in [-0.1, -0.05) is 19.1 Å².